The maximum atomic E-state index is 11.5. The summed E-state index contributed by atoms with van der Waals surface area (Å²) in [6.07, 6.45) is 7.73. The van der Waals surface area contributed by atoms with Gasteiger partial charge in [-0.3, -0.25) is 9.78 Å². The fourth-order valence-electron chi connectivity index (χ4n) is 3.89. The van der Waals surface area contributed by atoms with E-state index in [0.717, 1.165) is 56.3 Å². The molecule has 156 valence electrons. The van der Waals surface area contributed by atoms with Gasteiger partial charge in [0.05, 0.1) is 11.9 Å². The van der Waals surface area contributed by atoms with Gasteiger partial charge in [0.1, 0.15) is 0 Å². The Morgan fingerprint density at radius 2 is 1.59 bits per heavy atom. The third-order valence-electron chi connectivity index (χ3n) is 5.84. The lowest BCUT2D eigenvalue weighted by Crippen LogP contribution is -2.48. The first-order valence-electron chi connectivity index (χ1n) is 11.0. The average Bonchev–Trinajstić information content (AvgIpc) is 2.73. The Morgan fingerprint density at radius 1 is 0.931 bits per heavy atom. The standard InChI is InChI=1S/C25H35N3O/c1-20(2)5-4-6-22-7-9-23(10-8-22)11-12-24-13-14-25(19-26-24)28-17-15-27(16-18-28)21(3)29/h7-10,13-14,19-20H,4-6,11-12,15-18H2,1-3H3. The van der Waals surface area contributed by atoms with Crippen molar-refractivity contribution in [2.75, 3.05) is 31.1 Å². The van der Waals surface area contributed by atoms with Crippen molar-refractivity contribution in [2.24, 2.45) is 5.92 Å². The molecule has 0 aliphatic carbocycles. The largest absolute Gasteiger partial charge is 0.367 e. The van der Waals surface area contributed by atoms with Crippen molar-refractivity contribution in [3.8, 4) is 0 Å². The van der Waals surface area contributed by atoms with E-state index in [2.05, 4.69) is 60.1 Å². The van der Waals surface area contributed by atoms with Crippen LogP contribution in [0.25, 0.3) is 0 Å². The highest BCUT2D eigenvalue weighted by Gasteiger charge is 2.18. The second-order valence-corrected chi connectivity index (χ2v) is 8.60. The number of benzene rings is 1. The van der Waals surface area contributed by atoms with Crippen LogP contribution in [0.15, 0.2) is 42.6 Å². The second-order valence-electron chi connectivity index (χ2n) is 8.60. The molecule has 2 aromatic rings. The molecule has 29 heavy (non-hydrogen) atoms. The molecule has 1 aliphatic heterocycles. The van der Waals surface area contributed by atoms with Crippen LogP contribution in [0.2, 0.25) is 0 Å². The fourth-order valence-corrected chi connectivity index (χ4v) is 3.89. The van der Waals surface area contributed by atoms with Crippen LogP contribution in [0, 0.1) is 5.92 Å². The van der Waals surface area contributed by atoms with Crippen LogP contribution in [0.1, 0.15) is 50.4 Å². The zero-order valence-corrected chi connectivity index (χ0v) is 18.2. The van der Waals surface area contributed by atoms with Gasteiger partial charge in [-0.2, -0.15) is 0 Å². The molecular weight excluding hydrogens is 358 g/mol. The van der Waals surface area contributed by atoms with Crippen LogP contribution in [0.5, 0.6) is 0 Å². The molecule has 3 rings (SSSR count). The smallest absolute Gasteiger partial charge is 0.219 e. The molecule has 0 bridgehead atoms. The number of rotatable bonds is 8. The molecule has 1 aliphatic rings. The normalized spacial score (nSPS) is 14.5. The van der Waals surface area contributed by atoms with Crippen molar-refractivity contribution in [3.63, 3.8) is 0 Å². The van der Waals surface area contributed by atoms with Gasteiger partial charge in [0.2, 0.25) is 5.91 Å². The van der Waals surface area contributed by atoms with Crippen LogP contribution >= 0.6 is 0 Å². The molecule has 1 aromatic carbocycles. The number of aryl methyl sites for hydroxylation is 3. The SMILES string of the molecule is CC(=O)N1CCN(c2ccc(CCc3ccc(CCCC(C)C)cc3)nc2)CC1. The van der Waals surface area contributed by atoms with E-state index in [0.29, 0.717) is 0 Å². The molecule has 1 amide bonds. The van der Waals surface area contributed by atoms with Gasteiger partial charge < -0.3 is 9.80 Å². The van der Waals surface area contributed by atoms with Crippen LogP contribution in [0.4, 0.5) is 5.69 Å². The summed E-state index contributed by atoms with van der Waals surface area (Å²) in [5, 5.41) is 0. The molecule has 0 atom stereocenters. The molecule has 1 saturated heterocycles. The molecule has 0 N–H and O–H groups in total. The Balaban J connectivity index is 1.45. The Morgan fingerprint density at radius 3 is 2.14 bits per heavy atom. The lowest BCUT2D eigenvalue weighted by Gasteiger charge is -2.35. The Kier molecular flexibility index (Phi) is 7.68. The number of aromatic nitrogens is 1. The van der Waals surface area contributed by atoms with Gasteiger partial charge in [0.15, 0.2) is 0 Å². The van der Waals surface area contributed by atoms with E-state index in [9.17, 15) is 4.79 Å². The number of amides is 1. The minimum atomic E-state index is 0.168. The number of pyridine rings is 1. The number of anilines is 1. The van der Waals surface area contributed by atoms with Gasteiger partial charge in [0.25, 0.3) is 0 Å². The van der Waals surface area contributed by atoms with E-state index < -0.39 is 0 Å². The molecular formula is C25H35N3O. The predicted molar refractivity (Wildman–Crippen MR) is 120 cm³/mol. The average molecular weight is 394 g/mol. The zero-order valence-electron chi connectivity index (χ0n) is 18.2. The molecule has 0 spiro atoms. The van der Waals surface area contributed by atoms with Crippen molar-refractivity contribution in [2.45, 2.75) is 52.9 Å². The summed E-state index contributed by atoms with van der Waals surface area (Å²) in [6.45, 7) is 9.58. The summed E-state index contributed by atoms with van der Waals surface area (Å²) in [4.78, 5) is 20.4. The first-order chi connectivity index (χ1) is 14.0. The number of carbonyl (C=O) groups excluding carboxylic acids is 1. The third-order valence-corrected chi connectivity index (χ3v) is 5.84. The second kappa shape index (κ2) is 10.4. The molecule has 1 aromatic heterocycles. The van der Waals surface area contributed by atoms with E-state index in [-0.39, 0.29) is 5.91 Å². The number of hydrogen-bond donors (Lipinski definition) is 0. The lowest BCUT2D eigenvalue weighted by molar-refractivity contribution is -0.129. The summed E-state index contributed by atoms with van der Waals surface area (Å²) in [7, 11) is 0. The summed E-state index contributed by atoms with van der Waals surface area (Å²) in [6, 6.07) is 13.4. The topological polar surface area (TPSA) is 36.4 Å². The number of hydrogen-bond acceptors (Lipinski definition) is 3. The molecule has 0 saturated carbocycles. The summed E-state index contributed by atoms with van der Waals surface area (Å²) >= 11 is 0. The number of piperazine rings is 1. The van der Waals surface area contributed by atoms with Gasteiger partial charge in [0, 0.05) is 38.8 Å². The monoisotopic (exact) mass is 393 g/mol. The highest BCUT2D eigenvalue weighted by Crippen LogP contribution is 2.17. The van der Waals surface area contributed by atoms with Crippen LogP contribution in [-0.2, 0) is 24.1 Å². The molecule has 0 unspecified atom stereocenters. The van der Waals surface area contributed by atoms with Gasteiger partial charge in [-0.05, 0) is 54.9 Å². The summed E-state index contributed by atoms with van der Waals surface area (Å²) in [5.74, 6) is 0.958. The predicted octanol–water partition coefficient (Wildman–Crippen LogP) is 4.51. The highest BCUT2D eigenvalue weighted by atomic mass is 16.2. The summed E-state index contributed by atoms with van der Waals surface area (Å²) in [5.41, 5.74) is 5.12. The van der Waals surface area contributed by atoms with Gasteiger partial charge >= 0.3 is 0 Å². The van der Waals surface area contributed by atoms with Gasteiger partial charge in [-0.1, -0.05) is 44.5 Å². The third kappa shape index (κ3) is 6.59. The van der Waals surface area contributed by atoms with Crippen LogP contribution < -0.4 is 4.90 Å². The van der Waals surface area contributed by atoms with Crippen molar-refractivity contribution < 1.29 is 4.79 Å². The minimum absolute atomic E-state index is 0.168. The first-order valence-corrected chi connectivity index (χ1v) is 11.0. The van der Waals surface area contributed by atoms with Crippen molar-refractivity contribution in [1.82, 2.24) is 9.88 Å². The van der Waals surface area contributed by atoms with Gasteiger partial charge in [-0.25, -0.2) is 0 Å². The Bertz CT molecular complexity index is 760. The Labute approximate surface area is 175 Å². The summed E-state index contributed by atoms with van der Waals surface area (Å²) < 4.78 is 0. The number of nitrogens with zero attached hydrogens (tertiary/aromatic N) is 3. The molecule has 1 fully saturated rings. The maximum Gasteiger partial charge on any atom is 0.219 e. The van der Waals surface area contributed by atoms with E-state index >= 15 is 0 Å². The van der Waals surface area contributed by atoms with Crippen LogP contribution in [-0.4, -0.2) is 42.0 Å². The van der Waals surface area contributed by atoms with Crippen LogP contribution in [0.3, 0.4) is 0 Å². The van der Waals surface area contributed by atoms with Crippen molar-refractivity contribution >= 4 is 11.6 Å². The molecule has 0 radical (unpaired) electrons. The quantitative estimate of drug-likeness (QED) is 0.662. The van der Waals surface area contributed by atoms with Crippen molar-refractivity contribution in [3.05, 3.63) is 59.4 Å². The lowest BCUT2D eigenvalue weighted by atomic mass is 10.0. The minimum Gasteiger partial charge on any atom is -0.367 e. The highest BCUT2D eigenvalue weighted by molar-refractivity contribution is 5.73. The first kappa shape index (κ1) is 21.4. The van der Waals surface area contributed by atoms with E-state index in [1.54, 1.807) is 6.92 Å². The fraction of sp³-hybridized carbons (Fsp3) is 0.520. The zero-order chi connectivity index (χ0) is 20.6. The molecule has 4 heteroatoms. The van der Waals surface area contributed by atoms with E-state index in [4.69, 9.17) is 0 Å². The van der Waals surface area contributed by atoms with Gasteiger partial charge in [-0.15, -0.1) is 0 Å². The van der Waals surface area contributed by atoms with E-state index in [1.807, 2.05) is 11.1 Å². The van der Waals surface area contributed by atoms with E-state index in [1.165, 1.54) is 30.4 Å². The number of carbonyl (C=O) groups is 1. The molecule has 2 heterocycles. The Hall–Kier alpha value is -2.36. The maximum absolute atomic E-state index is 11.5. The molecule has 4 nitrogen and oxygen atoms in total. The van der Waals surface area contributed by atoms with Crippen molar-refractivity contribution in [1.29, 1.82) is 0 Å².